The first kappa shape index (κ1) is 14.3. The molecule has 0 aromatic carbocycles. The summed E-state index contributed by atoms with van der Waals surface area (Å²) in [4.78, 5) is 14.4. The molecule has 1 N–H and O–H groups in total. The molecule has 4 nitrogen and oxygen atoms in total. The average Bonchev–Trinajstić information content (AvgIpc) is 2.88. The fourth-order valence-electron chi connectivity index (χ4n) is 6.13. The molecular weight excluding hydrogens is 290 g/mol. The van der Waals surface area contributed by atoms with Gasteiger partial charge in [0.2, 0.25) is 0 Å². The Morgan fingerprint density at radius 2 is 1.96 bits per heavy atom. The Hall–Kier alpha value is -1.03. The molecule has 1 amide bonds. The number of carbonyl (C=O) groups is 1. The van der Waals surface area contributed by atoms with E-state index in [-0.39, 0.29) is 18.3 Å². The van der Waals surface area contributed by atoms with E-state index in [2.05, 4.69) is 6.08 Å². The van der Waals surface area contributed by atoms with E-state index in [0.29, 0.717) is 11.3 Å². The zero-order valence-electron chi connectivity index (χ0n) is 13.7. The Balaban J connectivity index is 1.24. The summed E-state index contributed by atoms with van der Waals surface area (Å²) in [5, 5.41) is 9.67. The Morgan fingerprint density at radius 3 is 2.65 bits per heavy atom. The number of cyclic esters (lactones) is 1. The fourth-order valence-corrected chi connectivity index (χ4v) is 6.13. The molecule has 5 fully saturated rings. The molecule has 1 saturated heterocycles. The molecule has 126 valence electrons. The number of ether oxygens (including phenoxy) is 1. The first-order valence-electron chi connectivity index (χ1n) is 9.45. The van der Waals surface area contributed by atoms with Crippen LogP contribution in [-0.2, 0) is 4.74 Å². The summed E-state index contributed by atoms with van der Waals surface area (Å²) in [7, 11) is 0. The highest BCUT2D eigenvalue weighted by Gasteiger charge is 2.54. The van der Waals surface area contributed by atoms with Crippen molar-refractivity contribution in [2.24, 2.45) is 23.2 Å². The normalized spacial score (nSPS) is 48.0. The topological polar surface area (TPSA) is 49.8 Å². The van der Waals surface area contributed by atoms with E-state index in [4.69, 9.17) is 4.74 Å². The molecule has 7 aliphatic rings. The van der Waals surface area contributed by atoms with Crippen molar-refractivity contribution in [2.75, 3.05) is 13.1 Å². The Morgan fingerprint density at radius 1 is 1.22 bits per heavy atom. The second kappa shape index (κ2) is 4.98. The maximum Gasteiger partial charge on any atom is 0.410 e. The minimum absolute atomic E-state index is 0.0548. The fraction of sp³-hybridized carbons (Fsp3) is 0.842. The van der Waals surface area contributed by atoms with Crippen molar-refractivity contribution in [2.45, 2.75) is 63.6 Å². The van der Waals surface area contributed by atoms with Crippen molar-refractivity contribution in [1.82, 2.24) is 4.90 Å². The Bertz CT molecular complexity index is 535. The van der Waals surface area contributed by atoms with Crippen LogP contribution in [0.2, 0.25) is 0 Å². The van der Waals surface area contributed by atoms with Gasteiger partial charge in [0.05, 0.1) is 12.6 Å². The van der Waals surface area contributed by atoms with E-state index >= 15 is 0 Å². The average molecular weight is 317 g/mol. The first-order chi connectivity index (χ1) is 11.1. The van der Waals surface area contributed by atoms with Crippen LogP contribution < -0.4 is 0 Å². The molecule has 4 bridgehead atoms. The van der Waals surface area contributed by atoms with Crippen molar-refractivity contribution in [3.63, 3.8) is 0 Å². The highest BCUT2D eigenvalue weighted by Crippen LogP contribution is 2.62. The van der Waals surface area contributed by atoms with Gasteiger partial charge in [0.25, 0.3) is 0 Å². The van der Waals surface area contributed by atoms with E-state index in [1.54, 1.807) is 5.57 Å². The van der Waals surface area contributed by atoms with Gasteiger partial charge >= 0.3 is 6.09 Å². The molecule has 0 aromatic heterocycles. The van der Waals surface area contributed by atoms with Gasteiger partial charge in [0.15, 0.2) is 0 Å². The van der Waals surface area contributed by atoms with Crippen LogP contribution in [0.5, 0.6) is 0 Å². The maximum atomic E-state index is 12.4. The van der Waals surface area contributed by atoms with Crippen LogP contribution in [0.3, 0.4) is 0 Å². The molecule has 3 unspecified atom stereocenters. The maximum absolute atomic E-state index is 12.4. The molecule has 1 heterocycles. The molecule has 3 atom stereocenters. The Kier molecular flexibility index (Phi) is 3.10. The highest BCUT2D eigenvalue weighted by atomic mass is 16.6. The summed E-state index contributed by atoms with van der Waals surface area (Å²) in [5.74, 6) is 2.11. The molecule has 7 rings (SSSR count). The summed E-state index contributed by atoms with van der Waals surface area (Å²) >= 11 is 0. The van der Waals surface area contributed by atoms with E-state index in [9.17, 15) is 9.90 Å². The number of hydrogen-bond acceptors (Lipinski definition) is 3. The number of aliphatic hydroxyl groups is 1. The van der Waals surface area contributed by atoms with E-state index in [0.717, 1.165) is 50.6 Å². The number of carbonyl (C=O) groups excluding carboxylic acids is 1. The number of allylic oxidation sites excluding steroid dienone is 2. The quantitative estimate of drug-likeness (QED) is 0.814. The van der Waals surface area contributed by atoms with Crippen LogP contribution in [0.4, 0.5) is 4.79 Å². The van der Waals surface area contributed by atoms with Crippen molar-refractivity contribution >= 4 is 6.09 Å². The van der Waals surface area contributed by atoms with Crippen LogP contribution in [0.15, 0.2) is 11.6 Å². The molecule has 1 aliphatic heterocycles. The second-order valence-electron chi connectivity index (χ2n) is 8.82. The van der Waals surface area contributed by atoms with Crippen LogP contribution >= 0.6 is 0 Å². The zero-order valence-corrected chi connectivity index (χ0v) is 13.7. The van der Waals surface area contributed by atoms with Crippen molar-refractivity contribution in [3.05, 3.63) is 11.6 Å². The minimum Gasteiger partial charge on any atom is -0.444 e. The zero-order chi connectivity index (χ0) is 15.6. The third-order valence-electron chi connectivity index (χ3n) is 7.35. The third-order valence-corrected chi connectivity index (χ3v) is 7.35. The lowest BCUT2D eigenvalue weighted by atomic mass is 9.48. The molecule has 6 aliphatic carbocycles. The third kappa shape index (κ3) is 2.25. The van der Waals surface area contributed by atoms with Gasteiger partial charge in [0.1, 0.15) is 6.10 Å². The van der Waals surface area contributed by atoms with Crippen LogP contribution in [-0.4, -0.2) is 41.4 Å². The molecule has 0 spiro atoms. The minimum atomic E-state index is -0.143. The van der Waals surface area contributed by atoms with Crippen molar-refractivity contribution in [1.29, 1.82) is 0 Å². The van der Waals surface area contributed by atoms with Gasteiger partial charge < -0.3 is 14.7 Å². The predicted molar refractivity (Wildman–Crippen MR) is 85.8 cm³/mol. The van der Waals surface area contributed by atoms with Gasteiger partial charge in [-0.3, -0.25) is 0 Å². The smallest absolute Gasteiger partial charge is 0.410 e. The summed E-state index contributed by atoms with van der Waals surface area (Å²) < 4.78 is 5.72. The summed E-state index contributed by atoms with van der Waals surface area (Å²) in [6, 6.07) is 0. The lowest BCUT2D eigenvalue weighted by Crippen LogP contribution is -2.52. The van der Waals surface area contributed by atoms with Gasteiger partial charge in [0, 0.05) is 6.54 Å². The van der Waals surface area contributed by atoms with Gasteiger partial charge in [-0.25, -0.2) is 4.79 Å². The SMILES string of the molecule is O=C1OC(C2CCC(O)CC2)CN1CC12CC=C3C(CC3C1)C2. The largest absolute Gasteiger partial charge is 0.444 e. The molecule has 0 aromatic rings. The summed E-state index contributed by atoms with van der Waals surface area (Å²) in [5.41, 5.74) is 2.07. The van der Waals surface area contributed by atoms with E-state index in [1.807, 2.05) is 4.90 Å². The molecule has 4 heteroatoms. The summed E-state index contributed by atoms with van der Waals surface area (Å²) in [6.07, 6.45) is 11.2. The molecule has 23 heavy (non-hydrogen) atoms. The first-order valence-corrected chi connectivity index (χ1v) is 9.45. The van der Waals surface area contributed by atoms with Crippen molar-refractivity contribution in [3.8, 4) is 0 Å². The monoisotopic (exact) mass is 317 g/mol. The van der Waals surface area contributed by atoms with Crippen molar-refractivity contribution < 1.29 is 14.6 Å². The second-order valence-corrected chi connectivity index (χ2v) is 8.82. The number of amides is 1. The lowest BCUT2D eigenvalue weighted by molar-refractivity contribution is 0.0178. The van der Waals surface area contributed by atoms with Gasteiger partial charge in [-0.05, 0) is 74.5 Å². The van der Waals surface area contributed by atoms with Gasteiger partial charge in [-0.15, -0.1) is 0 Å². The lowest BCUT2D eigenvalue weighted by Gasteiger charge is -2.58. The van der Waals surface area contributed by atoms with Crippen LogP contribution in [0.25, 0.3) is 0 Å². The van der Waals surface area contributed by atoms with E-state index in [1.165, 1.54) is 25.7 Å². The van der Waals surface area contributed by atoms with E-state index < -0.39 is 0 Å². The van der Waals surface area contributed by atoms with Gasteiger partial charge in [-0.2, -0.15) is 0 Å². The standard InChI is InChI=1S/C19H27NO3/c21-15-3-1-12(2-4-15)17-10-20(18(22)23-17)11-19-6-5-16-13(8-19)7-14(16)9-19/h5,12-15,17,21H,1-4,6-11H2. The Labute approximate surface area is 137 Å². The van der Waals surface area contributed by atoms with Crippen LogP contribution in [0.1, 0.15) is 51.4 Å². The molecule has 4 saturated carbocycles. The number of aliphatic hydroxyl groups excluding tert-OH is 1. The number of rotatable bonds is 3. The van der Waals surface area contributed by atoms with Gasteiger partial charge in [-0.1, -0.05) is 11.6 Å². The van der Waals surface area contributed by atoms with Crippen LogP contribution in [0, 0.1) is 23.2 Å². The highest BCUT2D eigenvalue weighted by molar-refractivity contribution is 5.70. The predicted octanol–water partition coefficient (Wildman–Crippen LogP) is 3.10. The number of hydrogen-bond donors (Lipinski definition) is 1. The number of fused-ring (bicyclic) bond motifs is 1. The molecule has 0 radical (unpaired) electrons. The number of nitrogens with zero attached hydrogens (tertiary/aromatic N) is 1. The molecular formula is C19H27NO3. The summed E-state index contributed by atoms with van der Waals surface area (Å²) in [6.45, 7) is 1.67.